The third kappa shape index (κ3) is 2.96. The topological polar surface area (TPSA) is 20.2 Å². The molecule has 0 spiro atoms. The molecule has 1 aliphatic rings. The summed E-state index contributed by atoms with van der Waals surface area (Å²) in [5, 5.41) is 12.0. The molecule has 17 heavy (non-hydrogen) atoms. The first-order valence-electron chi connectivity index (χ1n) is 6.17. The normalized spacial score (nSPS) is 29.3. The van der Waals surface area contributed by atoms with E-state index in [2.05, 4.69) is 6.92 Å². The summed E-state index contributed by atoms with van der Waals surface area (Å²) >= 11 is 12.0. The van der Waals surface area contributed by atoms with Crippen LogP contribution in [-0.2, 0) is 6.42 Å². The summed E-state index contributed by atoms with van der Waals surface area (Å²) in [5.41, 5.74) is 0.391. The average molecular weight is 273 g/mol. The van der Waals surface area contributed by atoms with Gasteiger partial charge in [0, 0.05) is 16.5 Å². The van der Waals surface area contributed by atoms with Gasteiger partial charge in [-0.05, 0) is 36.5 Å². The van der Waals surface area contributed by atoms with Crippen LogP contribution in [0.1, 0.15) is 38.2 Å². The third-order valence-corrected chi connectivity index (χ3v) is 4.51. The smallest absolute Gasteiger partial charge is 0.0713 e. The van der Waals surface area contributed by atoms with Crippen LogP contribution in [0, 0.1) is 5.92 Å². The first-order valence-corrected chi connectivity index (χ1v) is 6.93. The maximum absolute atomic E-state index is 10.7. The number of aliphatic hydroxyl groups is 1. The van der Waals surface area contributed by atoms with Gasteiger partial charge in [0.1, 0.15) is 0 Å². The minimum atomic E-state index is -0.601. The summed E-state index contributed by atoms with van der Waals surface area (Å²) in [5.74, 6) is 0.336. The molecule has 0 radical (unpaired) electrons. The summed E-state index contributed by atoms with van der Waals surface area (Å²) < 4.78 is 0. The predicted octanol–water partition coefficient (Wildman–Crippen LogP) is 4.48. The third-order valence-electron chi connectivity index (χ3n) is 3.93. The summed E-state index contributed by atoms with van der Waals surface area (Å²) in [6.45, 7) is 2.13. The predicted molar refractivity (Wildman–Crippen MR) is 72.7 cm³/mol. The van der Waals surface area contributed by atoms with Gasteiger partial charge in [0.25, 0.3) is 0 Å². The number of rotatable bonds is 2. The molecule has 1 fully saturated rings. The van der Waals surface area contributed by atoms with Gasteiger partial charge in [-0.3, -0.25) is 0 Å². The molecule has 2 atom stereocenters. The van der Waals surface area contributed by atoms with E-state index in [4.69, 9.17) is 23.2 Å². The fourth-order valence-electron chi connectivity index (χ4n) is 2.65. The number of halogens is 2. The number of hydrogen-bond acceptors (Lipinski definition) is 1. The first-order chi connectivity index (χ1) is 8.01. The Balaban J connectivity index is 2.19. The van der Waals surface area contributed by atoms with Crippen LogP contribution < -0.4 is 0 Å². The lowest BCUT2D eigenvalue weighted by molar-refractivity contribution is -0.0405. The van der Waals surface area contributed by atoms with Crippen LogP contribution in [0.15, 0.2) is 18.2 Å². The van der Waals surface area contributed by atoms with E-state index < -0.39 is 5.60 Å². The molecular weight excluding hydrogens is 255 g/mol. The van der Waals surface area contributed by atoms with E-state index in [1.54, 1.807) is 6.07 Å². The molecule has 94 valence electrons. The Bertz CT molecular complexity index is 405. The first kappa shape index (κ1) is 13.2. The maximum atomic E-state index is 10.7. The van der Waals surface area contributed by atoms with E-state index in [0.29, 0.717) is 22.4 Å². The molecule has 3 heteroatoms. The molecule has 0 bridgehead atoms. The summed E-state index contributed by atoms with van der Waals surface area (Å²) in [4.78, 5) is 0. The van der Waals surface area contributed by atoms with Gasteiger partial charge in [-0.1, -0.05) is 49.0 Å². The Kier molecular flexibility index (Phi) is 4.02. The van der Waals surface area contributed by atoms with E-state index in [-0.39, 0.29) is 0 Å². The van der Waals surface area contributed by atoms with E-state index >= 15 is 0 Å². The lowest BCUT2D eigenvalue weighted by atomic mass is 9.73. The molecule has 2 rings (SSSR count). The monoisotopic (exact) mass is 272 g/mol. The van der Waals surface area contributed by atoms with Crippen molar-refractivity contribution in [2.24, 2.45) is 5.92 Å². The van der Waals surface area contributed by atoms with Crippen LogP contribution in [0.3, 0.4) is 0 Å². The molecule has 1 saturated carbocycles. The molecule has 0 aliphatic heterocycles. The van der Waals surface area contributed by atoms with Gasteiger partial charge >= 0.3 is 0 Å². The van der Waals surface area contributed by atoms with Gasteiger partial charge in [-0.2, -0.15) is 0 Å². The molecular formula is C14H18Cl2O. The fourth-order valence-corrected chi connectivity index (χ4v) is 3.13. The van der Waals surface area contributed by atoms with Crippen molar-refractivity contribution in [2.45, 2.75) is 44.6 Å². The Labute approximate surface area is 113 Å². The molecule has 0 saturated heterocycles. The maximum Gasteiger partial charge on any atom is 0.0713 e. The van der Waals surface area contributed by atoms with Gasteiger partial charge in [0.15, 0.2) is 0 Å². The Morgan fingerprint density at radius 2 is 2.12 bits per heavy atom. The largest absolute Gasteiger partial charge is 0.389 e. The second-order valence-corrected chi connectivity index (χ2v) is 6.01. The highest BCUT2D eigenvalue weighted by molar-refractivity contribution is 6.35. The Morgan fingerprint density at radius 3 is 2.76 bits per heavy atom. The summed E-state index contributed by atoms with van der Waals surface area (Å²) in [6, 6.07) is 5.50. The van der Waals surface area contributed by atoms with Gasteiger partial charge in [-0.25, -0.2) is 0 Å². The van der Waals surface area contributed by atoms with Crippen molar-refractivity contribution in [1.82, 2.24) is 0 Å². The van der Waals surface area contributed by atoms with Crippen molar-refractivity contribution in [3.8, 4) is 0 Å². The lowest BCUT2D eigenvalue weighted by Gasteiger charge is -2.38. The van der Waals surface area contributed by atoms with Crippen molar-refractivity contribution in [3.63, 3.8) is 0 Å². The minimum Gasteiger partial charge on any atom is -0.389 e. The molecule has 1 aliphatic carbocycles. The molecule has 1 N–H and O–H groups in total. The van der Waals surface area contributed by atoms with Crippen LogP contribution in [-0.4, -0.2) is 10.7 Å². The van der Waals surface area contributed by atoms with E-state index in [1.165, 1.54) is 6.42 Å². The molecule has 0 aromatic heterocycles. The van der Waals surface area contributed by atoms with Crippen molar-refractivity contribution in [3.05, 3.63) is 33.8 Å². The second kappa shape index (κ2) is 5.17. The molecule has 1 aromatic rings. The Hall–Kier alpha value is -0.240. The molecule has 1 nitrogen and oxygen atoms in total. The summed E-state index contributed by atoms with van der Waals surface area (Å²) in [7, 11) is 0. The van der Waals surface area contributed by atoms with Crippen LogP contribution in [0.2, 0.25) is 10.0 Å². The van der Waals surface area contributed by atoms with E-state index in [0.717, 1.165) is 24.8 Å². The van der Waals surface area contributed by atoms with E-state index in [9.17, 15) is 5.11 Å². The van der Waals surface area contributed by atoms with Gasteiger partial charge in [-0.15, -0.1) is 0 Å². The van der Waals surface area contributed by atoms with Crippen molar-refractivity contribution in [1.29, 1.82) is 0 Å². The Morgan fingerprint density at radius 1 is 1.35 bits per heavy atom. The highest BCUT2D eigenvalue weighted by atomic mass is 35.5. The summed E-state index contributed by atoms with van der Waals surface area (Å²) in [6.07, 6.45) is 4.92. The molecule has 1 aromatic carbocycles. The zero-order chi connectivity index (χ0) is 12.5. The highest BCUT2D eigenvalue weighted by Gasteiger charge is 2.36. The lowest BCUT2D eigenvalue weighted by Crippen LogP contribution is -2.41. The second-order valence-electron chi connectivity index (χ2n) is 5.16. The number of benzene rings is 1. The number of hydrogen-bond donors (Lipinski definition) is 1. The zero-order valence-electron chi connectivity index (χ0n) is 10.0. The highest BCUT2D eigenvalue weighted by Crippen LogP contribution is 2.37. The van der Waals surface area contributed by atoms with Crippen LogP contribution >= 0.6 is 23.2 Å². The minimum absolute atomic E-state index is 0.336. The van der Waals surface area contributed by atoms with E-state index in [1.807, 2.05) is 12.1 Å². The van der Waals surface area contributed by atoms with Crippen molar-refractivity contribution < 1.29 is 5.11 Å². The fraction of sp³-hybridized carbons (Fsp3) is 0.571. The molecule has 0 heterocycles. The average Bonchev–Trinajstić information content (AvgIpc) is 2.27. The van der Waals surface area contributed by atoms with Gasteiger partial charge < -0.3 is 5.11 Å². The van der Waals surface area contributed by atoms with Crippen LogP contribution in [0.5, 0.6) is 0 Å². The zero-order valence-corrected chi connectivity index (χ0v) is 11.6. The van der Waals surface area contributed by atoms with Gasteiger partial charge in [0.2, 0.25) is 0 Å². The van der Waals surface area contributed by atoms with Gasteiger partial charge in [0.05, 0.1) is 5.60 Å². The van der Waals surface area contributed by atoms with Crippen LogP contribution in [0.25, 0.3) is 0 Å². The quantitative estimate of drug-likeness (QED) is 0.842. The van der Waals surface area contributed by atoms with Crippen molar-refractivity contribution >= 4 is 23.2 Å². The van der Waals surface area contributed by atoms with Crippen molar-refractivity contribution in [2.75, 3.05) is 0 Å². The molecule has 2 unspecified atom stereocenters. The molecule has 0 amide bonds. The van der Waals surface area contributed by atoms with Crippen LogP contribution in [0.4, 0.5) is 0 Å². The SMILES string of the molecule is CC1CCCCC1(O)Cc1ccc(Cl)cc1Cl. The standard InChI is InChI=1S/C14H18Cl2O/c1-10-4-2-3-7-14(10,17)9-11-5-6-12(15)8-13(11)16/h5-6,8,10,17H,2-4,7,9H2,1H3.